The van der Waals surface area contributed by atoms with Crippen LogP contribution in [0.2, 0.25) is 0 Å². The van der Waals surface area contributed by atoms with Crippen molar-refractivity contribution < 1.29 is 4.42 Å². The Morgan fingerprint density at radius 3 is 2.28 bits per heavy atom. The Bertz CT molecular complexity index is 316. The molecule has 1 atom stereocenters. The third-order valence-electron chi connectivity index (χ3n) is 3.20. The van der Waals surface area contributed by atoms with Crippen LogP contribution in [0.15, 0.2) is 23.0 Å². The summed E-state index contributed by atoms with van der Waals surface area (Å²) in [7, 11) is 0. The van der Waals surface area contributed by atoms with E-state index >= 15 is 0 Å². The van der Waals surface area contributed by atoms with Crippen molar-refractivity contribution in [3.05, 3.63) is 24.2 Å². The number of rotatable bonds is 2. The maximum Gasteiger partial charge on any atom is 0.0950 e. The van der Waals surface area contributed by atoms with Gasteiger partial charge in [0.15, 0.2) is 0 Å². The zero-order chi connectivity index (χ0) is 11.6. The Balaban J connectivity index is 0.00000144. The lowest BCUT2D eigenvalue weighted by Gasteiger charge is -2.41. The molecular formula is C13H24Cl2N2O. The fourth-order valence-electron chi connectivity index (χ4n) is 2.63. The highest BCUT2D eigenvalue weighted by Gasteiger charge is 2.32. The lowest BCUT2D eigenvalue weighted by Crippen LogP contribution is -2.48. The molecule has 3 nitrogen and oxygen atoms in total. The first kappa shape index (κ1) is 17.8. The van der Waals surface area contributed by atoms with Gasteiger partial charge in [0.1, 0.15) is 0 Å². The number of hydrogen-bond donors (Lipinski definition) is 1. The minimum absolute atomic E-state index is 0. The van der Waals surface area contributed by atoms with Crippen LogP contribution in [-0.4, -0.2) is 31.1 Å². The zero-order valence-electron chi connectivity index (χ0n) is 11.3. The molecule has 0 saturated carbocycles. The largest absolute Gasteiger partial charge is 0.472 e. The Morgan fingerprint density at radius 1 is 1.22 bits per heavy atom. The molecule has 0 aromatic carbocycles. The molecule has 0 bridgehead atoms. The first-order valence-electron chi connectivity index (χ1n) is 6.06. The molecule has 0 unspecified atom stereocenters. The standard InChI is InChI=1S/C13H22N2O.2ClH/c1-13(2,3)12(11-4-9-16-10-11)15-7-5-14-6-8-15;;/h4,9-10,12,14H,5-8H2,1-3H3;2*1H/t12-;;/m1../s1. The minimum atomic E-state index is 0. The molecule has 2 rings (SSSR count). The van der Waals surface area contributed by atoms with Gasteiger partial charge in [0.2, 0.25) is 0 Å². The Morgan fingerprint density at radius 2 is 1.83 bits per heavy atom. The fourth-order valence-corrected chi connectivity index (χ4v) is 2.63. The molecule has 106 valence electrons. The molecule has 2 heterocycles. The summed E-state index contributed by atoms with van der Waals surface area (Å²) in [4.78, 5) is 2.56. The molecule has 0 spiro atoms. The zero-order valence-corrected chi connectivity index (χ0v) is 12.9. The monoisotopic (exact) mass is 294 g/mol. The van der Waals surface area contributed by atoms with Crippen LogP contribution < -0.4 is 5.32 Å². The molecule has 1 aromatic rings. The summed E-state index contributed by atoms with van der Waals surface area (Å²) in [5, 5.41) is 3.40. The molecule has 0 amide bonds. The van der Waals surface area contributed by atoms with Crippen LogP contribution in [0.1, 0.15) is 32.4 Å². The maximum absolute atomic E-state index is 5.24. The minimum Gasteiger partial charge on any atom is -0.472 e. The van der Waals surface area contributed by atoms with E-state index in [2.05, 4.69) is 37.1 Å². The van der Waals surface area contributed by atoms with Crippen LogP contribution in [0.4, 0.5) is 0 Å². The smallest absolute Gasteiger partial charge is 0.0950 e. The second-order valence-electron chi connectivity index (χ2n) is 5.61. The number of nitrogens with one attached hydrogen (secondary N) is 1. The normalized spacial score (nSPS) is 18.6. The Hall–Kier alpha value is -0.220. The summed E-state index contributed by atoms with van der Waals surface area (Å²) in [6.45, 7) is 11.3. The number of nitrogens with zero attached hydrogens (tertiary/aromatic N) is 1. The maximum atomic E-state index is 5.24. The summed E-state index contributed by atoms with van der Waals surface area (Å²) in [6, 6.07) is 2.55. The van der Waals surface area contributed by atoms with Gasteiger partial charge in [0.25, 0.3) is 0 Å². The molecule has 1 saturated heterocycles. The van der Waals surface area contributed by atoms with Crippen molar-refractivity contribution >= 4 is 24.8 Å². The summed E-state index contributed by atoms with van der Waals surface area (Å²) < 4.78 is 5.24. The van der Waals surface area contributed by atoms with Crippen molar-refractivity contribution in [2.24, 2.45) is 5.41 Å². The van der Waals surface area contributed by atoms with Crippen molar-refractivity contribution in [3.63, 3.8) is 0 Å². The quantitative estimate of drug-likeness (QED) is 0.908. The van der Waals surface area contributed by atoms with Gasteiger partial charge in [-0.2, -0.15) is 0 Å². The molecular weight excluding hydrogens is 271 g/mol. The third-order valence-corrected chi connectivity index (χ3v) is 3.20. The molecule has 18 heavy (non-hydrogen) atoms. The lowest BCUT2D eigenvalue weighted by atomic mass is 9.82. The molecule has 1 N–H and O–H groups in total. The lowest BCUT2D eigenvalue weighted by molar-refractivity contribution is 0.0857. The van der Waals surface area contributed by atoms with Crippen molar-refractivity contribution in [2.75, 3.05) is 26.2 Å². The van der Waals surface area contributed by atoms with Crippen molar-refractivity contribution in [1.29, 1.82) is 0 Å². The van der Waals surface area contributed by atoms with E-state index in [0.29, 0.717) is 6.04 Å². The molecule has 0 aliphatic carbocycles. The van der Waals surface area contributed by atoms with Gasteiger partial charge in [-0.05, 0) is 11.5 Å². The molecule has 1 aliphatic heterocycles. The highest BCUT2D eigenvalue weighted by molar-refractivity contribution is 5.85. The number of halogens is 2. The van der Waals surface area contributed by atoms with E-state index in [1.165, 1.54) is 5.56 Å². The fraction of sp³-hybridized carbons (Fsp3) is 0.692. The highest BCUT2D eigenvalue weighted by Crippen LogP contribution is 2.38. The second-order valence-corrected chi connectivity index (χ2v) is 5.61. The van der Waals surface area contributed by atoms with Crippen LogP contribution in [0.5, 0.6) is 0 Å². The predicted octanol–water partition coefficient (Wildman–Crippen LogP) is 3.12. The van der Waals surface area contributed by atoms with Crippen LogP contribution in [0.3, 0.4) is 0 Å². The Kier molecular flexibility index (Phi) is 7.30. The molecule has 5 heteroatoms. The van der Waals surface area contributed by atoms with Gasteiger partial charge in [-0.15, -0.1) is 24.8 Å². The van der Waals surface area contributed by atoms with E-state index in [9.17, 15) is 0 Å². The Labute approximate surface area is 122 Å². The van der Waals surface area contributed by atoms with Gasteiger partial charge in [0.05, 0.1) is 12.5 Å². The van der Waals surface area contributed by atoms with Gasteiger partial charge in [-0.3, -0.25) is 4.90 Å². The number of piperazine rings is 1. The third kappa shape index (κ3) is 4.16. The summed E-state index contributed by atoms with van der Waals surface area (Å²) in [6.07, 6.45) is 3.66. The molecule has 1 aliphatic rings. The van der Waals surface area contributed by atoms with Crippen molar-refractivity contribution in [2.45, 2.75) is 26.8 Å². The van der Waals surface area contributed by atoms with Gasteiger partial charge in [-0.25, -0.2) is 0 Å². The first-order valence-corrected chi connectivity index (χ1v) is 6.06. The average molecular weight is 295 g/mol. The van der Waals surface area contributed by atoms with E-state index in [1.807, 2.05) is 6.26 Å². The van der Waals surface area contributed by atoms with Gasteiger partial charge >= 0.3 is 0 Å². The summed E-state index contributed by atoms with van der Waals surface area (Å²) in [5.41, 5.74) is 1.54. The molecule has 0 radical (unpaired) electrons. The average Bonchev–Trinajstić information content (AvgIpc) is 2.71. The van der Waals surface area contributed by atoms with Crippen LogP contribution in [-0.2, 0) is 0 Å². The number of furan rings is 1. The molecule has 1 aromatic heterocycles. The molecule has 1 fully saturated rings. The van der Waals surface area contributed by atoms with Crippen molar-refractivity contribution in [1.82, 2.24) is 10.2 Å². The van der Waals surface area contributed by atoms with Gasteiger partial charge in [0, 0.05) is 37.8 Å². The van der Waals surface area contributed by atoms with E-state index in [1.54, 1.807) is 6.26 Å². The van der Waals surface area contributed by atoms with Crippen LogP contribution in [0, 0.1) is 5.41 Å². The van der Waals surface area contributed by atoms with Gasteiger partial charge in [-0.1, -0.05) is 20.8 Å². The first-order chi connectivity index (χ1) is 7.59. The van der Waals surface area contributed by atoms with E-state index in [0.717, 1.165) is 26.2 Å². The summed E-state index contributed by atoms with van der Waals surface area (Å²) >= 11 is 0. The topological polar surface area (TPSA) is 28.4 Å². The highest BCUT2D eigenvalue weighted by atomic mass is 35.5. The van der Waals surface area contributed by atoms with Crippen LogP contribution in [0.25, 0.3) is 0 Å². The number of hydrogen-bond acceptors (Lipinski definition) is 3. The second kappa shape index (κ2) is 7.39. The van der Waals surface area contributed by atoms with Crippen LogP contribution >= 0.6 is 24.8 Å². The van der Waals surface area contributed by atoms with E-state index in [-0.39, 0.29) is 30.2 Å². The summed E-state index contributed by atoms with van der Waals surface area (Å²) in [5.74, 6) is 0. The van der Waals surface area contributed by atoms with Crippen molar-refractivity contribution in [3.8, 4) is 0 Å². The van der Waals surface area contributed by atoms with E-state index < -0.39 is 0 Å². The predicted molar refractivity (Wildman–Crippen MR) is 79.8 cm³/mol. The SMILES string of the molecule is CC(C)(C)[C@@H](c1ccoc1)N1CCNCC1.Cl.Cl. The van der Waals surface area contributed by atoms with Gasteiger partial charge < -0.3 is 9.73 Å². The van der Waals surface area contributed by atoms with E-state index in [4.69, 9.17) is 4.42 Å².